The predicted molar refractivity (Wildman–Crippen MR) is 87.3 cm³/mol. The number of aromatic amines is 1. The van der Waals surface area contributed by atoms with Crippen molar-refractivity contribution in [2.24, 2.45) is 0 Å². The maximum atomic E-state index is 12.6. The van der Waals surface area contributed by atoms with E-state index in [4.69, 9.17) is 4.74 Å². The summed E-state index contributed by atoms with van der Waals surface area (Å²) < 4.78 is 5.42. The fraction of sp³-hybridized carbons (Fsp3) is 0.235. The van der Waals surface area contributed by atoms with E-state index in [0.717, 1.165) is 16.9 Å². The minimum atomic E-state index is -0.151. The van der Waals surface area contributed by atoms with Gasteiger partial charge in [-0.1, -0.05) is 12.1 Å². The Morgan fingerprint density at radius 2 is 2.09 bits per heavy atom. The Balaban J connectivity index is 1.80. The molecule has 2 heterocycles. The van der Waals surface area contributed by atoms with Crippen molar-refractivity contribution in [2.45, 2.75) is 13.5 Å². The topological polar surface area (TPSA) is 71.1 Å². The highest BCUT2D eigenvalue weighted by Crippen LogP contribution is 2.18. The monoisotopic (exact) mass is 310 g/mol. The molecule has 1 amide bonds. The van der Waals surface area contributed by atoms with Crippen LogP contribution in [-0.4, -0.2) is 39.4 Å². The second-order valence-corrected chi connectivity index (χ2v) is 5.15. The van der Waals surface area contributed by atoms with Crippen molar-refractivity contribution in [1.29, 1.82) is 0 Å². The number of hydrogen-bond donors (Lipinski definition) is 1. The van der Waals surface area contributed by atoms with Crippen LogP contribution in [0.1, 0.15) is 23.1 Å². The molecule has 0 atom stereocenters. The molecule has 0 radical (unpaired) electrons. The number of rotatable bonds is 5. The number of fused-ring (bicyclic) bond motifs is 1. The minimum Gasteiger partial charge on any atom is -0.477 e. The van der Waals surface area contributed by atoms with Crippen molar-refractivity contribution in [1.82, 2.24) is 19.9 Å². The average molecular weight is 310 g/mol. The van der Waals surface area contributed by atoms with Crippen LogP contribution in [0.3, 0.4) is 0 Å². The maximum absolute atomic E-state index is 12.6. The lowest BCUT2D eigenvalue weighted by Crippen LogP contribution is -2.27. The van der Waals surface area contributed by atoms with Crippen molar-refractivity contribution in [3.63, 3.8) is 0 Å². The third-order valence-corrected chi connectivity index (χ3v) is 3.45. The molecular weight excluding hydrogens is 292 g/mol. The van der Waals surface area contributed by atoms with Gasteiger partial charge < -0.3 is 14.6 Å². The third-order valence-electron chi connectivity index (χ3n) is 3.45. The van der Waals surface area contributed by atoms with Gasteiger partial charge in [0.2, 0.25) is 5.88 Å². The first-order chi connectivity index (χ1) is 11.2. The molecule has 0 aliphatic rings. The van der Waals surface area contributed by atoms with Crippen molar-refractivity contribution >= 4 is 16.9 Å². The largest absolute Gasteiger partial charge is 0.477 e. The molecule has 3 rings (SSSR count). The van der Waals surface area contributed by atoms with Crippen molar-refractivity contribution < 1.29 is 9.53 Å². The Kier molecular flexibility index (Phi) is 4.23. The van der Waals surface area contributed by atoms with Crippen molar-refractivity contribution in [3.8, 4) is 5.88 Å². The Hall–Kier alpha value is -2.89. The van der Waals surface area contributed by atoms with Gasteiger partial charge in [-0.2, -0.15) is 0 Å². The normalized spacial score (nSPS) is 10.7. The average Bonchev–Trinajstić information content (AvgIpc) is 2.97. The van der Waals surface area contributed by atoms with E-state index in [1.807, 2.05) is 31.2 Å². The molecule has 0 spiro atoms. The van der Waals surface area contributed by atoms with Crippen LogP contribution < -0.4 is 4.74 Å². The van der Waals surface area contributed by atoms with Crippen LogP contribution in [0.15, 0.2) is 42.6 Å². The molecular formula is C17H18N4O2. The van der Waals surface area contributed by atoms with Gasteiger partial charge in [0.15, 0.2) is 0 Å². The number of nitrogens with one attached hydrogen (secondary N) is 1. The summed E-state index contributed by atoms with van der Waals surface area (Å²) in [5.74, 6) is 0.947. The maximum Gasteiger partial charge on any atom is 0.259 e. The third kappa shape index (κ3) is 3.15. The van der Waals surface area contributed by atoms with E-state index in [-0.39, 0.29) is 5.91 Å². The molecule has 0 unspecified atom stereocenters. The lowest BCUT2D eigenvalue weighted by atomic mass is 10.2. The van der Waals surface area contributed by atoms with Gasteiger partial charge in [0.25, 0.3) is 5.91 Å². The molecule has 0 aliphatic heterocycles. The molecule has 6 heteroatoms. The highest BCUT2D eigenvalue weighted by molar-refractivity contribution is 5.96. The molecule has 0 saturated heterocycles. The summed E-state index contributed by atoms with van der Waals surface area (Å²) in [6.07, 6.45) is 1.61. The van der Waals surface area contributed by atoms with Crippen molar-refractivity contribution in [2.75, 3.05) is 13.7 Å². The lowest BCUT2D eigenvalue weighted by molar-refractivity contribution is 0.0777. The zero-order valence-electron chi connectivity index (χ0n) is 13.1. The van der Waals surface area contributed by atoms with E-state index in [2.05, 4.69) is 15.0 Å². The Morgan fingerprint density at radius 3 is 2.87 bits per heavy atom. The zero-order chi connectivity index (χ0) is 16.2. The van der Waals surface area contributed by atoms with Crippen LogP contribution in [0.2, 0.25) is 0 Å². The molecule has 23 heavy (non-hydrogen) atoms. The predicted octanol–water partition coefficient (Wildman–Crippen LogP) is 2.63. The van der Waals surface area contributed by atoms with Crippen LogP contribution in [0.5, 0.6) is 5.88 Å². The van der Waals surface area contributed by atoms with Gasteiger partial charge in [0.1, 0.15) is 11.4 Å². The number of ether oxygens (including phenoxy) is 1. The fourth-order valence-electron chi connectivity index (χ4n) is 2.39. The molecule has 0 aliphatic carbocycles. The number of carbonyl (C=O) groups excluding carboxylic acids is 1. The molecule has 3 aromatic rings. The lowest BCUT2D eigenvalue weighted by Gasteiger charge is -2.17. The van der Waals surface area contributed by atoms with Crippen LogP contribution in [0.25, 0.3) is 11.0 Å². The Morgan fingerprint density at radius 1 is 1.26 bits per heavy atom. The smallest absolute Gasteiger partial charge is 0.259 e. The number of H-pyrrole nitrogens is 1. The van der Waals surface area contributed by atoms with Gasteiger partial charge in [0.05, 0.1) is 24.2 Å². The first-order valence-corrected chi connectivity index (χ1v) is 7.46. The van der Waals surface area contributed by atoms with Crippen LogP contribution >= 0.6 is 0 Å². The summed E-state index contributed by atoms with van der Waals surface area (Å²) in [6.45, 7) is 2.71. The number of nitrogens with zero attached hydrogens (tertiary/aromatic N) is 3. The second kappa shape index (κ2) is 6.48. The number of hydrogen-bond acceptors (Lipinski definition) is 4. The molecule has 2 aromatic heterocycles. The fourth-order valence-corrected chi connectivity index (χ4v) is 2.39. The van der Waals surface area contributed by atoms with Crippen LogP contribution in [0.4, 0.5) is 0 Å². The molecule has 118 valence electrons. The summed E-state index contributed by atoms with van der Waals surface area (Å²) >= 11 is 0. The number of amides is 1. The Labute approximate surface area is 134 Å². The second-order valence-electron chi connectivity index (χ2n) is 5.15. The summed E-state index contributed by atoms with van der Waals surface area (Å²) in [5, 5.41) is 0. The van der Waals surface area contributed by atoms with Crippen LogP contribution in [0, 0.1) is 0 Å². The van der Waals surface area contributed by atoms with Gasteiger partial charge in [-0.25, -0.2) is 9.97 Å². The number of benzene rings is 1. The summed E-state index contributed by atoms with van der Waals surface area (Å²) in [5.41, 5.74) is 2.30. The SMILES string of the molecule is CCOc1ncccc1C(=O)N(C)Cc1nc2ccccc2[nH]1. The number of para-hydroxylation sites is 2. The van der Waals surface area contributed by atoms with Gasteiger partial charge in [-0.05, 0) is 31.2 Å². The first kappa shape index (κ1) is 15.0. The quantitative estimate of drug-likeness (QED) is 0.786. The molecule has 0 fully saturated rings. The molecule has 0 saturated carbocycles. The first-order valence-electron chi connectivity index (χ1n) is 7.46. The van der Waals surface area contributed by atoms with Gasteiger partial charge in [-0.15, -0.1) is 0 Å². The number of imidazole rings is 1. The number of carbonyl (C=O) groups is 1. The summed E-state index contributed by atoms with van der Waals surface area (Å²) in [7, 11) is 1.73. The van der Waals surface area contributed by atoms with E-state index in [0.29, 0.717) is 24.6 Å². The summed E-state index contributed by atoms with van der Waals surface area (Å²) in [6, 6.07) is 11.2. The highest BCUT2D eigenvalue weighted by Gasteiger charge is 2.18. The minimum absolute atomic E-state index is 0.151. The molecule has 0 bridgehead atoms. The number of pyridine rings is 1. The van der Waals surface area contributed by atoms with Crippen LogP contribution in [-0.2, 0) is 6.54 Å². The Bertz CT molecular complexity index is 795. The summed E-state index contributed by atoms with van der Waals surface area (Å²) in [4.78, 5) is 26.1. The number of aromatic nitrogens is 3. The van der Waals surface area contributed by atoms with Gasteiger partial charge in [0, 0.05) is 13.2 Å². The zero-order valence-corrected chi connectivity index (χ0v) is 13.1. The van der Waals surface area contributed by atoms with E-state index in [1.54, 1.807) is 30.3 Å². The molecule has 1 N–H and O–H groups in total. The van der Waals surface area contributed by atoms with E-state index in [1.165, 1.54) is 0 Å². The van der Waals surface area contributed by atoms with E-state index in [9.17, 15) is 4.79 Å². The standard InChI is InChI=1S/C17H18N4O2/c1-3-23-16-12(7-6-10-18-16)17(22)21(2)11-15-19-13-8-4-5-9-14(13)20-15/h4-10H,3,11H2,1-2H3,(H,19,20). The van der Waals surface area contributed by atoms with E-state index >= 15 is 0 Å². The highest BCUT2D eigenvalue weighted by atomic mass is 16.5. The van der Waals surface area contributed by atoms with Gasteiger partial charge in [-0.3, -0.25) is 4.79 Å². The van der Waals surface area contributed by atoms with Crippen molar-refractivity contribution in [3.05, 3.63) is 54.0 Å². The molecule has 1 aromatic carbocycles. The van der Waals surface area contributed by atoms with E-state index < -0.39 is 0 Å². The molecule has 6 nitrogen and oxygen atoms in total. The van der Waals surface area contributed by atoms with Gasteiger partial charge >= 0.3 is 0 Å².